The summed E-state index contributed by atoms with van der Waals surface area (Å²) < 4.78 is 22.8. The van der Waals surface area contributed by atoms with Crippen LogP contribution in [0, 0.1) is 10.8 Å². The van der Waals surface area contributed by atoms with Crippen LogP contribution in [0.25, 0.3) is 40.4 Å². The Balaban J connectivity index is 0.803. The largest absolute Gasteiger partial charge is 0.381 e. The van der Waals surface area contributed by atoms with E-state index in [9.17, 15) is 0 Å². The Morgan fingerprint density at radius 2 is 0.815 bits per heavy atom. The van der Waals surface area contributed by atoms with Gasteiger partial charge < -0.3 is 18.9 Å². The first-order valence-electron chi connectivity index (χ1n) is 20.4. The molecule has 0 aliphatic carbocycles. The van der Waals surface area contributed by atoms with Gasteiger partial charge in [0.1, 0.15) is 0 Å². The van der Waals surface area contributed by atoms with Gasteiger partial charge in [0.05, 0.1) is 39.6 Å². The highest BCUT2D eigenvalue weighted by Gasteiger charge is 2.37. The predicted molar refractivity (Wildman–Crippen MR) is 233 cm³/mol. The molecule has 0 radical (unpaired) electrons. The van der Waals surface area contributed by atoms with Crippen LogP contribution in [0.15, 0.2) is 72.8 Å². The number of rotatable bonds is 24. The lowest BCUT2D eigenvalue weighted by molar-refractivity contribution is -0.150. The van der Waals surface area contributed by atoms with E-state index in [-0.39, 0.29) is 0 Å². The predicted octanol–water partition coefficient (Wildman–Crippen LogP) is 13.7. The van der Waals surface area contributed by atoms with Gasteiger partial charge in [-0.1, -0.05) is 63.8 Å². The molecule has 0 N–H and O–H groups in total. The number of ether oxygens (including phenoxy) is 4. The van der Waals surface area contributed by atoms with Gasteiger partial charge in [0, 0.05) is 63.1 Å². The van der Waals surface area contributed by atoms with E-state index in [1.165, 1.54) is 102 Å². The van der Waals surface area contributed by atoms with Crippen LogP contribution in [0.4, 0.5) is 0 Å². The Kier molecular flexibility index (Phi) is 14.7. The highest BCUT2D eigenvalue weighted by atomic mass is 32.1. The van der Waals surface area contributed by atoms with Crippen molar-refractivity contribution in [2.45, 2.75) is 90.9 Å². The summed E-state index contributed by atoms with van der Waals surface area (Å²) in [6.45, 7) is 11.5. The lowest BCUT2D eigenvalue weighted by atomic mass is 9.84. The van der Waals surface area contributed by atoms with Crippen molar-refractivity contribution in [3.05, 3.63) is 82.6 Å². The van der Waals surface area contributed by atoms with Crippen LogP contribution in [0.5, 0.6) is 0 Å². The van der Waals surface area contributed by atoms with Crippen LogP contribution in [-0.4, -0.2) is 52.9 Å². The van der Waals surface area contributed by atoms with E-state index in [1.807, 2.05) is 45.3 Å². The molecular formula is C46H58O4S4. The summed E-state index contributed by atoms with van der Waals surface area (Å²) in [5.74, 6) is 0. The molecule has 2 aliphatic rings. The molecule has 54 heavy (non-hydrogen) atoms. The van der Waals surface area contributed by atoms with Crippen LogP contribution in [0.1, 0.15) is 87.8 Å². The molecule has 290 valence electrons. The average molecular weight is 803 g/mol. The summed E-state index contributed by atoms with van der Waals surface area (Å²) in [5, 5.41) is 0. The van der Waals surface area contributed by atoms with Crippen molar-refractivity contribution in [3.63, 3.8) is 0 Å². The van der Waals surface area contributed by atoms with Gasteiger partial charge in [0.25, 0.3) is 0 Å². The standard InChI is InChI=1S/C46H58O4S4/c1-3-45(31-49-32-45)29-47-27-11-7-5-9-13-37-19-21-41(51-37)43-25-23-39(53-43)35-15-17-36(18-16-35)40-24-26-44(54-40)42-22-20-38(52-42)14-10-6-8-12-28-48-30-46(4-2)33-50-34-46/h15-26H,3-14,27-34H2,1-2H3. The Morgan fingerprint density at radius 3 is 1.20 bits per heavy atom. The van der Waals surface area contributed by atoms with Gasteiger partial charge in [0.2, 0.25) is 0 Å². The zero-order valence-corrected chi connectivity index (χ0v) is 35.6. The summed E-state index contributed by atoms with van der Waals surface area (Å²) in [6.07, 6.45) is 14.5. The summed E-state index contributed by atoms with van der Waals surface area (Å²) in [6, 6.07) is 27.6. The number of hydrogen-bond donors (Lipinski definition) is 0. The fourth-order valence-electron chi connectivity index (χ4n) is 7.19. The fourth-order valence-corrected chi connectivity index (χ4v) is 11.5. The van der Waals surface area contributed by atoms with Gasteiger partial charge in [0.15, 0.2) is 0 Å². The van der Waals surface area contributed by atoms with Crippen molar-refractivity contribution < 1.29 is 18.9 Å². The van der Waals surface area contributed by atoms with Crippen LogP contribution in [0.3, 0.4) is 0 Å². The zero-order chi connectivity index (χ0) is 37.1. The van der Waals surface area contributed by atoms with E-state index in [0.29, 0.717) is 10.8 Å². The first-order valence-corrected chi connectivity index (χ1v) is 23.6. The van der Waals surface area contributed by atoms with Crippen LogP contribution in [0.2, 0.25) is 0 Å². The fraction of sp³-hybridized carbons (Fsp3) is 0.522. The van der Waals surface area contributed by atoms with Gasteiger partial charge in [-0.25, -0.2) is 0 Å². The van der Waals surface area contributed by atoms with Crippen molar-refractivity contribution in [2.24, 2.45) is 10.8 Å². The van der Waals surface area contributed by atoms with Gasteiger partial charge >= 0.3 is 0 Å². The van der Waals surface area contributed by atoms with Crippen molar-refractivity contribution in [3.8, 4) is 40.4 Å². The smallest absolute Gasteiger partial charge is 0.0566 e. The molecule has 0 amide bonds. The third-order valence-corrected chi connectivity index (χ3v) is 16.3. The summed E-state index contributed by atoms with van der Waals surface area (Å²) in [4.78, 5) is 11.2. The van der Waals surface area contributed by atoms with Crippen molar-refractivity contribution in [1.82, 2.24) is 0 Å². The molecule has 8 heteroatoms. The van der Waals surface area contributed by atoms with E-state index in [2.05, 4.69) is 86.6 Å². The molecule has 0 unspecified atom stereocenters. The van der Waals surface area contributed by atoms with Gasteiger partial charge in [-0.2, -0.15) is 0 Å². The molecule has 4 aromatic heterocycles. The highest BCUT2D eigenvalue weighted by Crippen LogP contribution is 2.41. The Hall–Kier alpha value is -2.14. The highest BCUT2D eigenvalue weighted by molar-refractivity contribution is 7.24. The molecule has 4 nitrogen and oxygen atoms in total. The van der Waals surface area contributed by atoms with Crippen molar-refractivity contribution in [2.75, 3.05) is 52.9 Å². The number of hydrogen-bond acceptors (Lipinski definition) is 8. The number of unbranched alkanes of at least 4 members (excludes halogenated alkanes) is 6. The van der Waals surface area contributed by atoms with E-state index >= 15 is 0 Å². The quantitative estimate of drug-likeness (QED) is 0.0582. The number of benzene rings is 1. The molecule has 2 fully saturated rings. The summed E-state index contributed by atoms with van der Waals surface area (Å²) in [5.41, 5.74) is 3.19. The van der Waals surface area contributed by atoms with Crippen LogP contribution in [-0.2, 0) is 31.8 Å². The summed E-state index contributed by atoms with van der Waals surface area (Å²) in [7, 11) is 0. The molecule has 1 aromatic carbocycles. The molecule has 0 saturated carbocycles. The minimum absolute atomic E-state index is 0.303. The minimum atomic E-state index is 0.303. The third-order valence-electron chi connectivity index (χ3n) is 11.3. The zero-order valence-electron chi connectivity index (χ0n) is 32.3. The third kappa shape index (κ3) is 10.6. The monoisotopic (exact) mass is 802 g/mol. The molecule has 0 atom stereocenters. The summed E-state index contributed by atoms with van der Waals surface area (Å²) >= 11 is 7.73. The SMILES string of the molecule is CCC1(COCCCCCCc2ccc(-c3ccc(-c4ccc(-c5ccc(-c6ccc(CCCCCCOCC7(CC)COC7)s6)s5)cc4)s3)s2)COC1. The van der Waals surface area contributed by atoms with Gasteiger partial charge in [-0.15, -0.1) is 45.3 Å². The molecule has 0 bridgehead atoms. The second-order valence-corrected chi connectivity index (χ2v) is 20.1. The topological polar surface area (TPSA) is 36.9 Å². The second-order valence-electron chi connectivity index (χ2n) is 15.6. The molecule has 5 aromatic rings. The van der Waals surface area contributed by atoms with E-state index < -0.39 is 0 Å². The maximum Gasteiger partial charge on any atom is 0.0566 e. The molecular weight excluding hydrogens is 745 g/mol. The Labute approximate surface area is 339 Å². The van der Waals surface area contributed by atoms with Crippen molar-refractivity contribution >= 4 is 45.3 Å². The second kappa shape index (κ2) is 19.8. The average Bonchev–Trinajstić information content (AvgIpc) is 4.00. The first kappa shape index (κ1) is 40.1. The van der Waals surface area contributed by atoms with Gasteiger partial charge in [-0.3, -0.25) is 0 Å². The lowest BCUT2D eigenvalue weighted by Crippen LogP contribution is -2.45. The first-order chi connectivity index (χ1) is 26.6. The van der Waals surface area contributed by atoms with E-state index in [4.69, 9.17) is 18.9 Å². The normalized spacial score (nSPS) is 16.0. The number of thiophene rings is 4. The molecule has 2 saturated heterocycles. The van der Waals surface area contributed by atoms with Crippen molar-refractivity contribution in [1.29, 1.82) is 0 Å². The Bertz CT molecular complexity index is 1690. The van der Waals surface area contributed by atoms with E-state index in [1.54, 1.807) is 0 Å². The number of aryl methyl sites for hydroxylation is 2. The molecule has 2 aliphatic heterocycles. The maximum absolute atomic E-state index is 5.98. The molecule has 7 rings (SSSR count). The van der Waals surface area contributed by atoms with E-state index in [0.717, 1.165) is 78.5 Å². The van der Waals surface area contributed by atoms with Gasteiger partial charge in [-0.05, 0) is 111 Å². The van der Waals surface area contributed by atoms with Crippen LogP contribution < -0.4 is 0 Å². The Morgan fingerprint density at radius 1 is 0.444 bits per heavy atom. The lowest BCUT2D eigenvalue weighted by Gasteiger charge is -2.40. The van der Waals surface area contributed by atoms with Crippen LogP contribution >= 0.6 is 45.3 Å². The maximum atomic E-state index is 5.98. The molecule has 6 heterocycles. The minimum Gasteiger partial charge on any atom is -0.381 e. The molecule has 0 spiro atoms.